The lowest BCUT2D eigenvalue weighted by Gasteiger charge is -2.11. The summed E-state index contributed by atoms with van der Waals surface area (Å²) in [5, 5.41) is 12.4. The predicted molar refractivity (Wildman–Crippen MR) is 60.5 cm³/mol. The highest BCUT2D eigenvalue weighted by atomic mass is 35.5. The first kappa shape index (κ1) is 13.3. The molecule has 6 nitrogen and oxygen atoms in total. The van der Waals surface area contributed by atoms with Crippen molar-refractivity contribution >= 4 is 23.8 Å². The van der Waals surface area contributed by atoms with E-state index in [9.17, 15) is 14.7 Å². The molecule has 7 heteroatoms. The number of amides is 2. The fraction of sp³-hybridized carbons (Fsp3) is 0.200. The highest BCUT2D eigenvalue weighted by Gasteiger charge is 2.11. The van der Waals surface area contributed by atoms with Gasteiger partial charge in [-0.3, -0.25) is 0 Å². The van der Waals surface area contributed by atoms with Crippen LogP contribution in [0.5, 0.6) is 0 Å². The van der Waals surface area contributed by atoms with Gasteiger partial charge in [0.25, 0.3) is 0 Å². The summed E-state index contributed by atoms with van der Waals surface area (Å²) in [4.78, 5) is 21.1. The van der Waals surface area contributed by atoms with Crippen molar-refractivity contribution in [2.45, 2.75) is 6.10 Å². The molecule has 2 amide bonds. The second-order valence-corrected chi connectivity index (χ2v) is 3.59. The van der Waals surface area contributed by atoms with Gasteiger partial charge < -0.3 is 20.9 Å². The molecule has 1 rings (SSSR count). The Hall–Kier alpha value is -1.79. The molecule has 0 aliphatic heterocycles. The molecule has 0 radical (unpaired) electrons. The number of benzene rings is 1. The van der Waals surface area contributed by atoms with Gasteiger partial charge in [0.1, 0.15) is 0 Å². The van der Waals surface area contributed by atoms with E-state index in [-0.39, 0.29) is 6.54 Å². The zero-order valence-corrected chi connectivity index (χ0v) is 9.48. The zero-order chi connectivity index (χ0) is 12.8. The average molecular weight is 259 g/mol. The average Bonchev–Trinajstić information content (AvgIpc) is 2.26. The predicted octanol–water partition coefficient (Wildman–Crippen LogP) is 1.18. The number of halogens is 1. The standard InChI is InChI=1S/C10H11ClN2O4/c11-7-3-1-6(2-4-7)8(14)5-13-10(16)17-9(12)15/h1-4,8,14H,5H2,(H2,12,15)(H,13,16)/t8-/m1/s1. The second kappa shape index (κ2) is 6.07. The van der Waals surface area contributed by atoms with Gasteiger partial charge in [-0.1, -0.05) is 23.7 Å². The maximum Gasteiger partial charge on any atom is 0.416 e. The summed E-state index contributed by atoms with van der Waals surface area (Å²) in [7, 11) is 0. The number of aliphatic hydroxyl groups excluding tert-OH is 1. The summed E-state index contributed by atoms with van der Waals surface area (Å²) in [6.45, 7) is -0.103. The van der Waals surface area contributed by atoms with E-state index < -0.39 is 18.3 Å². The van der Waals surface area contributed by atoms with E-state index in [0.29, 0.717) is 10.6 Å². The number of nitrogens with one attached hydrogen (secondary N) is 1. The molecule has 0 spiro atoms. The molecule has 0 saturated heterocycles. The largest absolute Gasteiger partial charge is 0.416 e. The monoisotopic (exact) mass is 258 g/mol. The summed E-state index contributed by atoms with van der Waals surface area (Å²) in [6, 6.07) is 6.46. The molecule has 0 aliphatic carbocycles. The Morgan fingerprint density at radius 2 is 2.00 bits per heavy atom. The molecule has 0 heterocycles. The van der Waals surface area contributed by atoms with E-state index in [1.807, 2.05) is 0 Å². The minimum atomic E-state index is -1.21. The van der Waals surface area contributed by atoms with Crippen LogP contribution in [0.1, 0.15) is 11.7 Å². The van der Waals surface area contributed by atoms with Crippen molar-refractivity contribution < 1.29 is 19.4 Å². The van der Waals surface area contributed by atoms with Gasteiger partial charge in [0.15, 0.2) is 0 Å². The van der Waals surface area contributed by atoms with Crippen molar-refractivity contribution in [3.63, 3.8) is 0 Å². The van der Waals surface area contributed by atoms with Gasteiger partial charge >= 0.3 is 12.2 Å². The van der Waals surface area contributed by atoms with Crippen LogP contribution in [0, 0.1) is 0 Å². The zero-order valence-electron chi connectivity index (χ0n) is 8.72. The summed E-state index contributed by atoms with van der Waals surface area (Å²) < 4.78 is 4.01. The molecular weight excluding hydrogens is 248 g/mol. The topological polar surface area (TPSA) is 102 Å². The number of hydrogen-bond donors (Lipinski definition) is 3. The first-order valence-corrected chi connectivity index (χ1v) is 5.05. The van der Waals surface area contributed by atoms with E-state index in [1.165, 1.54) is 0 Å². The third-order valence-corrected chi connectivity index (χ3v) is 2.14. The number of alkyl carbamates (subject to hydrolysis) is 1. The van der Waals surface area contributed by atoms with Crippen molar-refractivity contribution in [1.82, 2.24) is 5.32 Å². The number of rotatable bonds is 3. The smallest absolute Gasteiger partial charge is 0.387 e. The van der Waals surface area contributed by atoms with Gasteiger partial charge in [0.2, 0.25) is 0 Å². The van der Waals surface area contributed by atoms with Crippen molar-refractivity contribution in [3.8, 4) is 0 Å². The summed E-state index contributed by atoms with van der Waals surface area (Å²) in [5.74, 6) is 0. The molecule has 92 valence electrons. The third kappa shape index (κ3) is 4.71. The lowest BCUT2D eigenvalue weighted by molar-refractivity contribution is 0.142. The molecular formula is C10H11ClN2O4. The van der Waals surface area contributed by atoms with E-state index in [2.05, 4.69) is 15.8 Å². The Balaban J connectivity index is 2.44. The quantitative estimate of drug-likeness (QED) is 0.709. The molecule has 0 saturated carbocycles. The van der Waals surface area contributed by atoms with Crippen LogP contribution in [-0.4, -0.2) is 23.8 Å². The minimum absolute atomic E-state index is 0.103. The summed E-state index contributed by atoms with van der Waals surface area (Å²) in [6.07, 6.45) is -3.14. The lowest BCUT2D eigenvalue weighted by Crippen LogP contribution is -2.32. The van der Waals surface area contributed by atoms with Crippen LogP contribution in [0.15, 0.2) is 24.3 Å². The Labute approximate surface area is 102 Å². The molecule has 0 bridgehead atoms. The Kier molecular flexibility index (Phi) is 4.74. The van der Waals surface area contributed by atoms with Crippen molar-refractivity contribution in [1.29, 1.82) is 0 Å². The normalized spacial score (nSPS) is 11.6. The molecule has 4 N–H and O–H groups in total. The van der Waals surface area contributed by atoms with Crippen LogP contribution in [0.4, 0.5) is 9.59 Å². The number of primary amides is 1. The fourth-order valence-corrected chi connectivity index (χ4v) is 1.24. The van der Waals surface area contributed by atoms with Crippen LogP contribution < -0.4 is 11.1 Å². The van der Waals surface area contributed by atoms with Gasteiger partial charge in [0.05, 0.1) is 12.6 Å². The molecule has 0 unspecified atom stereocenters. The first-order valence-electron chi connectivity index (χ1n) is 4.67. The first-order chi connectivity index (χ1) is 7.99. The summed E-state index contributed by atoms with van der Waals surface area (Å²) >= 11 is 5.68. The molecule has 0 aromatic heterocycles. The Bertz CT molecular complexity index is 407. The van der Waals surface area contributed by atoms with E-state index >= 15 is 0 Å². The van der Waals surface area contributed by atoms with Gasteiger partial charge in [-0.15, -0.1) is 0 Å². The molecule has 0 aliphatic rings. The van der Waals surface area contributed by atoms with E-state index in [4.69, 9.17) is 11.6 Å². The number of nitrogens with two attached hydrogens (primary N) is 1. The van der Waals surface area contributed by atoms with Crippen LogP contribution >= 0.6 is 11.6 Å². The molecule has 17 heavy (non-hydrogen) atoms. The van der Waals surface area contributed by atoms with Crippen molar-refractivity contribution in [2.24, 2.45) is 5.73 Å². The minimum Gasteiger partial charge on any atom is -0.387 e. The maximum absolute atomic E-state index is 10.9. The van der Waals surface area contributed by atoms with Crippen LogP contribution in [0.2, 0.25) is 5.02 Å². The van der Waals surface area contributed by atoms with Crippen LogP contribution in [-0.2, 0) is 4.74 Å². The SMILES string of the molecule is NC(=O)OC(=O)NC[C@@H](O)c1ccc(Cl)cc1. The number of carbonyl (C=O) groups is 2. The summed E-state index contributed by atoms with van der Waals surface area (Å²) in [5.41, 5.74) is 5.21. The number of hydrogen-bond acceptors (Lipinski definition) is 4. The van der Waals surface area contributed by atoms with Gasteiger partial charge in [-0.2, -0.15) is 0 Å². The molecule has 1 atom stereocenters. The highest BCUT2D eigenvalue weighted by Crippen LogP contribution is 2.15. The molecule has 0 fully saturated rings. The van der Waals surface area contributed by atoms with Crippen LogP contribution in [0.25, 0.3) is 0 Å². The van der Waals surface area contributed by atoms with Crippen molar-refractivity contribution in [3.05, 3.63) is 34.9 Å². The third-order valence-electron chi connectivity index (χ3n) is 1.89. The lowest BCUT2D eigenvalue weighted by atomic mass is 10.1. The Morgan fingerprint density at radius 3 is 2.53 bits per heavy atom. The second-order valence-electron chi connectivity index (χ2n) is 3.16. The van der Waals surface area contributed by atoms with Crippen LogP contribution in [0.3, 0.4) is 0 Å². The number of aliphatic hydroxyl groups is 1. The molecule has 1 aromatic carbocycles. The van der Waals surface area contributed by atoms with Gasteiger partial charge in [0, 0.05) is 5.02 Å². The number of carbonyl (C=O) groups excluding carboxylic acids is 2. The van der Waals surface area contributed by atoms with Gasteiger partial charge in [-0.25, -0.2) is 9.59 Å². The van der Waals surface area contributed by atoms with Crippen molar-refractivity contribution in [2.75, 3.05) is 6.54 Å². The Morgan fingerprint density at radius 1 is 1.41 bits per heavy atom. The number of ether oxygens (including phenoxy) is 1. The van der Waals surface area contributed by atoms with E-state index in [0.717, 1.165) is 0 Å². The van der Waals surface area contributed by atoms with Gasteiger partial charge in [-0.05, 0) is 17.7 Å². The molecule has 1 aromatic rings. The van der Waals surface area contributed by atoms with E-state index in [1.54, 1.807) is 24.3 Å². The highest BCUT2D eigenvalue weighted by molar-refractivity contribution is 6.30. The fourth-order valence-electron chi connectivity index (χ4n) is 1.11. The maximum atomic E-state index is 10.9.